The Labute approximate surface area is 139 Å². The Kier molecular flexibility index (Phi) is 4.51. The van der Waals surface area contributed by atoms with Crippen molar-refractivity contribution in [1.82, 2.24) is 15.5 Å². The van der Waals surface area contributed by atoms with Crippen LogP contribution >= 0.6 is 0 Å². The number of furan rings is 1. The summed E-state index contributed by atoms with van der Waals surface area (Å²) in [7, 11) is 0. The van der Waals surface area contributed by atoms with E-state index in [1.807, 2.05) is 13.0 Å². The number of hydrogen-bond acceptors (Lipinski definition) is 4. The SMILES string of the molecule is Cc1ccc(C(C)(O)CNCc2cn[nH]c2-c2ccccc2F)o1. The molecular weight excluding hydrogens is 309 g/mol. The second-order valence-corrected chi connectivity index (χ2v) is 6.04. The van der Waals surface area contributed by atoms with Crippen LogP contribution in [0.25, 0.3) is 11.3 Å². The maximum atomic E-state index is 13.9. The van der Waals surface area contributed by atoms with Gasteiger partial charge in [0.05, 0.1) is 11.9 Å². The fraction of sp³-hybridized carbons (Fsp3) is 0.278. The molecule has 0 aliphatic heterocycles. The number of aromatic nitrogens is 2. The lowest BCUT2D eigenvalue weighted by molar-refractivity contribution is 0.0333. The lowest BCUT2D eigenvalue weighted by Gasteiger charge is -2.21. The van der Waals surface area contributed by atoms with Crippen molar-refractivity contribution in [1.29, 1.82) is 0 Å². The third kappa shape index (κ3) is 3.39. The highest BCUT2D eigenvalue weighted by atomic mass is 19.1. The summed E-state index contributed by atoms with van der Waals surface area (Å²) in [6, 6.07) is 10.1. The number of H-pyrrole nitrogens is 1. The summed E-state index contributed by atoms with van der Waals surface area (Å²) < 4.78 is 19.4. The minimum Gasteiger partial charge on any atom is -0.463 e. The topological polar surface area (TPSA) is 74.1 Å². The Balaban J connectivity index is 1.68. The third-order valence-electron chi connectivity index (χ3n) is 3.92. The first-order chi connectivity index (χ1) is 11.5. The Morgan fingerprint density at radius 1 is 1.29 bits per heavy atom. The molecule has 2 aromatic heterocycles. The lowest BCUT2D eigenvalue weighted by Crippen LogP contribution is -2.34. The van der Waals surface area contributed by atoms with Crippen LogP contribution in [0.1, 0.15) is 24.0 Å². The van der Waals surface area contributed by atoms with E-state index in [-0.39, 0.29) is 5.82 Å². The number of nitrogens with zero attached hydrogens (tertiary/aromatic N) is 1. The smallest absolute Gasteiger partial charge is 0.136 e. The van der Waals surface area contributed by atoms with Crippen molar-refractivity contribution in [3.63, 3.8) is 0 Å². The molecule has 0 aliphatic carbocycles. The molecule has 0 radical (unpaired) electrons. The van der Waals surface area contributed by atoms with Gasteiger partial charge in [-0.05, 0) is 38.1 Å². The van der Waals surface area contributed by atoms with Crippen LogP contribution in [-0.4, -0.2) is 21.8 Å². The summed E-state index contributed by atoms with van der Waals surface area (Å²) in [5, 5.41) is 20.5. The fourth-order valence-corrected chi connectivity index (χ4v) is 2.59. The van der Waals surface area contributed by atoms with E-state index < -0.39 is 5.60 Å². The zero-order valence-corrected chi connectivity index (χ0v) is 13.6. The minimum absolute atomic E-state index is 0.293. The maximum Gasteiger partial charge on any atom is 0.136 e. The van der Waals surface area contributed by atoms with E-state index in [2.05, 4.69) is 15.5 Å². The second kappa shape index (κ2) is 6.59. The van der Waals surface area contributed by atoms with Crippen molar-refractivity contribution in [3.8, 4) is 11.3 Å². The number of halogens is 1. The second-order valence-electron chi connectivity index (χ2n) is 6.04. The molecule has 2 heterocycles. The summed E-state index contributed by atoms with van der Waals surface area (Å²) in [6.45, 7) is 4.25. The van der Waals surface area contributed by atoms with E-state index in [0.717, 1.165) is 11.3 Å². The largest absolute Gasteiger partial charge is 0.463 e. The summed E-state index contributed by atoms with van der Waals surface area (Å²) in [6.07, 6.45) is 1.65. The monoisotopic (exact) mass is 329 g/mol. The molecule has 0 aliphatic rings. The van der Waals surface area contributed by atoms with E-state index >= 15 is 0 Å². The number of nitrogens with one attached hydrogen (secondary N) is 2. The predicted octanol–water partition coefficient (Wildman–Crippen LogP) is 3.11. The summed E-state index contributed by atoms with van der Waals surface area (Å²) in [5.41, 5.74) is 0.803. The van der Waals surface area contributed by atoms with Crippen LogP contribution < -0.4 is 5.32 Å². The first kappa shape index (κ1) is 16.4. The van der Waals surface area contributed by atoms with Gasteiger partial charge in [-0.2, -0.15) is 5.10 Å². The number of aryl methyl sites for hydroxylation is 1. The Hall–Kier alpha value is -2.44. The molecule has 6 heteroatoms. The molecule has 3 N–H and O–H groups in total. The molecule has 1 unspecified atom stereocenters. The minimum atomic E-state index is -1.13. The molecule has 126 valence electrons. The average Bonchev–Trinajstić information content (AvgIpc) is 3.17. The normalized spacial score (nSPS) is 13.8. The van der Waals surface area contributed by atoms with Crippen molar-refractivity contribution in [2.24, 2.45) is 0 Å². The van der Waals surface area contributed by atoms with Gasteiger partial charge in [0.15, 0.2) is 0 Å². The molecule has 0 amide bonds. The number of aliphatic hydroxyl groups is 1. The number of aromatic amines is 1. The van der Waals surface area contributed by atoms with Gasteiger partial charge in [-0.3, -0.25) is 5.10 Å². The quantitative estimate of drug-likeness (QED) is 0.650. The van der Waals surface area contributed by atoms with Crippen LogP contribution in [0.2, 0.25) is 0 Å². The Morgan fingerprint density at radius 3 is 2.79 bits per heavy atom. The predicted molar refractivity (Wildman–Crippen MR) is 88.7 cm³/mol. The molecule has 0 bridgehead atoms. The van der Waals surface area contributed by atoms with Gasteiger partial charge >= 0.3 is 0 Å². The van der Waals surface area contributed by atoms with E-state index in [9.17, 15) is 9.50 Å². The molecule has 1 atom stereocenters. The fourth-order valence-electron chi connectivity index (χ4n) is 2.59. The summed E-state index contributed by atoms with van der Waals surface area (Å²) in [5.74, 6) is 0.956. The Morgan fingerprint density at radius 2 is 2.08 bits per heavy atom. The van der Waals surface area contributed by atoms with Gasteiger partial charge in [0.2, 0.25) is 0 Å². The van der Waals surface area contributed by atoms with Crippen molar-refractivity contribution in [2.45, 2.75) is 26.0 Å². The van der Waals surface area contributed by atoms with Gasteiger partial charge in [0.25, 0.3) is 0 Å². The highest BCUT2D eigenvalue weighted by Gasteiger charge is 2.26. The number of benzene rings is 1. The van der Waals surface area contributed by atoms with E-state index in [4.69, 9.17) is 4.42 Å². The molecule has 5 nitrogen and oxygen atoms in total. The molecule has 0 spiro atoms. The third-order valence-corrected chi connectivity index (χ3v) is 3.92. The van der Waals surface area contributed by atoms with Gasteiger partial charge in [-0.25, -0.2) is 4.39 Å². The maximum absolute atomic E-state index is 13.9. The molecule has 0 fully saturated rings. The van der Waals surface area contributed by atoms with Crippen LogP contribution in [0.4, 0.5) is 4.39 Å². The van der Waals surface area contributed by atoms with Gasteiger partial charge in [0, 0.05) is 24.2 Å². The van der Waals surface area contributed by atoms with E-state index in [1.54, 1.807) is 37.4 Å². The van der Waals surface area contributed by atoms with Crippen molar-refractivity contribution < 1.29 is 13.9 Å². The van der Waals surface area contributed by atoms with Crippen LogP contribution in [0, 0.1) is 12.7 Å². The number of hydrogen-bond donors (Lipinski definition) is 3. The van der Waals surface area contributed by atoms with Crippen LogP contribution in [0.3, 0.4) is 0 Å². The van der Waals surface area contributed by atoms with Crippen molar-refractivity contribution in [3.05, 3.63) is 65.5 Å². The van der Waals surface area contributed by atoms with Crippen molar-refractivity contribution in [2.75, 3.05) is 6.54 Å². The molecular formula is C18H20FN3O2. The summed E-state index contributed by atoms with van der Waals surface area (Å²) >= 11 is 0. The highest BCUT2D eigenvalue weighted by Crippen LogP contribution is 2.25. The van der Waals surface area contributed by atoms with Crippen LogP contribution in [0.15, 0.2) is 47.0 Å². The van der Waals surface area contributed by atoms with E-state index in [1.165, 1.54) is 6.07 Å². The standard InChI is InChI=1S/C18H20FN3O2/c1-12-7-8-16(24-12)18(2,23)11-20-9-13-10-21-22-17(13)14-5-3-4-6-15(14)19/h3-8,10,20,23H,9,11H2,1-2H3,(H,21,22). The van der Waals surface area contributed by atoms with Crippen LogP contribution in [0.5, 0.6) is 0 Å². The van der Waals surface area contributed by atoms with Gasteiger partial charge in [-0.15, -0.1) is 0 Å². The van der Waals surface area contributed by atoms with Crippen molar-refractivity contribution >= 4 is 0 Å². The number of rotatable bonds is 6. The van der Waals surface area contributed by atoms with Gasteiger partial charge in [0.1, 0.15) is 22.9 Å². The molecule has 0 saturated heterocycles. The van der Waals surface area contributed by atoms with Crippen LogP contribution in [-0.2, 0) is 12.1 Å². The first-order valence-corrected chi connectivity index (χ1v) is 7.74. The van der Waals surface area contributed by atoms with Gasteiger partial charge in [-0.1, -0.05) is 12.1 Å². The Bertz CT molecular complexity index is 823. The molecule has 1 aromatic carbocycles. The lowest BCUT2D eigenvalue weighted by atomic mass is 10.0. The molecule has 24 heavy (non-hydrogen) atoms. The van der Waals surface area contributed by atoms with E-state index in [0.29, 0.717) is 30.1 Å². The first-order valence-electron chi connectivity index (χ1n) is 7.74. The summed E-state index contributed by atoms with van der Waals surface area (Å²) in [4.78, 5) is 0. The highest BCUT2D eigenvalue weighted by molar-refractivity contribution is 5.63. The molecule has 0 saturated carbocycles. The molecule has 3 rings (SSSR count). The zero-order chi connectivity index (χ0) is 17.2. The van der Waals surface area contributed by atoms with Gasteiger partial charge < -0.3 is 14.8 Å². The zero-order valence-electron chi connectivity index (χ0n) is 13.6. The average molecular weight is 329 g/mol. The molecule has 3 aromatic rings.